The molecule has 2 heterocycles. The first-order chi connectivity index (χ1) is 11.9. The lowest BCUT2D eigenvalue weighted by Gasteiger charge is -2.26. The molecule has 0 aliphatic carbocycles. The highest BCUT2D eigenvalue weighted by atomic mass is 32.1. The molecule has 2 aromatic carbocycles. The summed E-state index contributed by atoms with van der Waals surface area (Å²) in [4.78, 5) is 11.4. The Morgan fingerprint density at radius 1 is 1.08 bits per heavy atom. The third-order valence-electron chi connectivity index (χ3n) is 3.98. The molecule has 2 N–H and O–H groups in total. The number of anilines is 1. The zero-order valence-electron chi connectivity index (χ0n) is 13.3. The highest BCUT2D eigenvalue weighted by molar-refractivity contribution is 7.22. The molecule has 0 unspecified atom stereocenters. The van der Waals surface area contributed by atoms with Gasteiger partial charge in [-0.3, -0.25) is 4.90 Å². The van der Waals surface area contributed by atoms with Crippen molar-refractivity contribution < 1.29 is 0 Å². The molecule has 0 spiro atoms. The molecule has 0 fully saturated rings. The van der Waals surface area contributed by atoms with Gasteiger partial charge < -0.3 is 10.6 Å². The number of aromatic nitrogens is 1. The Kier molecular flexibility index (Phi) is 4.40. The monoisotopic (exact) mass is 337 g/mol. The van der Waals surface area contributed by atoms with E-state index in [1.54, 1.807) is 11.3 Å². The van der Waals surface area contributed by atoms with Crippen LogP contribution in [0.5, 0.6) is 0 Å². The maximum atomic E-state index is 4.58. The third kappa shape index (κ3) is 3.55. The van der Waals surface area contributed by atoms with Gasteiger partial charge in [0.25, 0.3) is 0 Å². The van der Waals surface area contributed by atoms with Crippen LogP contribution < -0.4 is 10.6 Å². The van der Waals surface area contributed by atoms with Crippen molar-refractivity contribution in [2.24, 2.45) is 4.99 Å². The molecule has 6 heteroatoms. The highest BCUT2D eigenvalue weighted by Crippen LogP contribution is 2.25. The standard InChI is InChI=1S/C18H19N5S/c1-2-6-14(7-3-1)10-11-23-12-19-17(20-13-23)22-18-21-15-8-4-5-9-16(15)24-18/h1-9H,10-13H2,(H2,19,20,21,22). The normalized spacial score (nSPS) is 15.1. The molecule has 0 saturated heterocycles. The summed E-state index contributed by atoms with van der Waals surface area (Å²) in [7, 11) is 0. The van der Waals surface area contributed by atoms with Gasteiger partial charge in [0.2, 0.25) is 0 Å². The molecule has 4 rings (SSSR count). The van der Waals surface area contributed by atoms with Crippen molar-refractivity contribution in [1.29, 1.82) is 0 Å². The number of nitrogens with one attached hydrogen (secondary N) is 2. The Hall–Kier alpha value is -2.44. The molecule has 0 atom stereocenters. The van der Waals surface area contributed by atoms with E-state index in [0.717, 1.165) is 36.2 Å². The lowest BCUT2D eigenvalue weighted by molar-refractivity contribution is 0.268. The summed E-state index contributed by atoms with van der Waals surface area (Å²) in [5.74, 6) is 0.796. The van der Waals surface area contributed by atoms with E-state index < -0.39 is 0 Å². The predicted molar refractivity (Wildman–Crippen MR) is 100 cm³/mol. The van der Waals surface area contributed by atoms with E-state index in [9.17, 15) is 0 Å². The first-order valence-corrected chi connectivity index (χ1v) is 8.86. The maximum Gasteiger partial charge on any atom is 0.199 e. The van der Waals surface area contributed by atoms with E-state index in [4.69, 9.17) is 0 Å². The number of aliphatic imine (C=N–C) groups is 1. The van der Waals surface area contributed by atoms with Gasteiger partial charge in [-0.2, -0.15) is 0 Å². The number of guanidine groups is 1. The number of fused-ring (bicyclic) bond motifs is 1. The molecule has 3 aromatic rings. The lowest BCUT2D eigenvalue weighted by Crippen LogP contribution is -2.46. The van der Waals surface area contributed by atoms with Crippen LogP contribution in [0, 0.1) is 0 Å². The lowest BCUT2D eigenvalue weighted by atomic mass is 10.1. The van der Waals surface area contributed by atoms with Crippen LogP contribution in [0.4, 0.5) is 5.13 Å². The van der Waals surface area contributed by atoms with Crippen molar-refractivity contribution in [3.05, 3.63) is 60.2 Å². The second-order valence-corrected chi connectivity index (χ2v) is 6.76. The van der Waals surface area contributed by atoms with Crippen LogP contribution in [0.1, 0.15) is 5.56 Å². The minimum atomic E-state index is 0.701. The molecule has 1 aliphatic rings. The van der Waals surface area contributed by atoms with Crippen molar-refractivity contribution in [3.8, 4) is 0 Å². The fourth-order valence-electron chi connectivity index (χ4n) is 2.66. The second kappa shape index (κ2) is 6.98. The average Bonchev–Trinajstić information content (AvgIpc) is 3.04. The third-order valence-corrected chi connectivity index (χ3v) is 4.93. The van der Waals surface area contributed by atoms with E-state index >= 15 is 0 Å². The fraction of sp³-hybridized carbons (Fsp3) is 0.222. The topological polar surface area (TPSA) is 52.5 Å². The molecule has 122 valence electrons. The smallest absolute Gasteiger partial charge is 0.199 e. The van der Waals surface area contributed by atoms with E-state index in [1.165, 1.54) is 10.3 Å². The Balaban J connectivity index is 1.33. The van der Waals surface area contributed by atoms with Gasteiger partial charge in [0.1, 0.15) is 0 Å². The van der Waals surface area contributed by atoms with Gasteiger partial charge in [-0.1, -0.05) is 53.8 Å². The van der Waals surface area contributed by atoms with Crippen molar-refractivity contribution in [2.75, 3.05) is 25.2 Å². The van der Waals surface area contributed by atoms with Crippen LogP contribution in [-0.2, 0) is 6.42 Å². The zero-order chi connectivity index (χ0) is 16.2. The van der Waals surface area contributed by atoms with Gasteiger partial charge in [0.15, 0.2) is 11.1 Å². The molecule has 0 bridgehead atoms. The predicted octanol–water partition coefficient (Wildman–Crippen LogP) is 3.13. The average molecular weight is 337 g/mol. The number of thiazole rings is 1. The first kappa shape index (κ1) is 15.1. The van der Waals surface area contributed by atoms with Crippen LogP contribution in [0.3, 0.4) is 0 Å². The van der Waals surface area contributed by atoms with Gasteiger partial charge in [-0.15, -0.1) is 0 Å². The van der Waals surface area contributed by atoms with Crippen LogP contribution in [-0.4, -0.2) is 35.7 Å². The van der Waals surface area contributed by atoms with Crippen LogP contribution in [0.15, 0.2) is 59.6 Å². The molecule has 0 radical (unpaired) electrons. The number of para-hydroxylation sites is 1. The van der Waals surface area contributed by atoms with E-state index in [-0.39, 0.29) is 0 Å². The quantitative estimate of drug-likeness (QED) is 0.768. The first-order valence-electron chi connectivity index (χ1n) is 8.04. The summed E-state index contributed by atoms with van der Waals surface area (Å²) >= 11 is 1.64. The zero-order valence-corrected chi connectivity index (χ0v) is 14.1. The van der Waals surface area contributed by atoms with Crippen LogP contribution in [0.25, 0.3) is 10.2 Å². The number of hydrogen-bond donors (Lipinski definition) is 2. The van der Waals surface area contributed by atoms with E-state index in [2.05, 4.69) is 61.9 Å². The van der Waals surface area contributed by atoms with Gasteiger partial charge in [-0.25, -0.2) is 9.98 Å². The molecule has 1 aromatic heterocycles. The Bertz CT molecular complexity index is 810. The number of nitrogens with zero attached hydrogens (tertiary/aromatic N) is 3. The Morgan fingerprint density at radius 3 is 2.71 bits per heavy atom. The maximum absolute atomic E-state index is 4.58. The molecule has 5 nitrogen and oxygen atoms in total. The summed E-state index contributed by atoms with van der Waals surface area (Å²) in [6.45, 7) is 2.49. The van der Waals surface area contributed by atoms with E-state index in [0.29, 0.717) is 6.67 Å². The summed E-state index contributed by atoms with van der Waals surface area (Å²) in [5, 5.41) is 7.49. The van der Waals surface area contributed by atoms with Crippen LogP contribution in [0.2, 0.25) is 0 Å². The van der Waals surface area contributed by atoms with E-state index in [1.807, 2.05) is 18.2 Å². The van der Waals surface area contributed by atoms with Gasteiger partial charge >= 0.3 is 0 Å². The largest absolute Gasteiger partial charge is 0.343 e. The van der Waals surface area contributed by atoms with Crippen molar-refractivity contribution in [2.45, 2.75) is 6.42 Å². The molecule has 0 saturated carbocycles. The molecular formula is C18H19N5S. The van der Waals surface area contributed by atoms with Gasteiger partial charge in [-0.05, 0) is 24.1 Å². The number of rotatable bonds is 4. The minimum absolute atomic E-state index is 0.701. The molecule has 1 aliphatic heterocycles. The van der Waals surface area contributed by atoms with Crippen molar-refractivity contribution in [3.63, 3.8) is 0 Å². The number of hydrogen-bond acceptors (Lipinski definition) is 6. The fourth-order valence-corrected chi connectivity index (χ4v) is 3.52. The minimum Gasteiger partial charge on any atom is -0.343 e. The summed E-state index contributed by atoms with van der Waals surface area (Å²) in [6.07, 6.45) is 1.04. The number of benzene rings is 2. The summed E-state index contributed by atoms with van der Waals surface area (Å²) < 4.78 is 1.18. The van der Waals surface area contributed by atoms with Crippen LogP contribution >= 0.6 is 11.3 Å². The van der Waals surface area contributed by atoms with Gasteiger partial charge in [0.05, 0.1) is 23.6 Å². The highest BCUT2D eigenvalue weighted by Gasteiger charge is 2.13. The molecule has 0 amide bonds. The second-order valence-electron chi connectivity index (χ2n) is 5.72. The SMILES string of the molecule is c1ccc(CCN2CN=C(Nc3nc4ccccc4s3)NC2)cc1. The summed E-state index contributed by atoms with van der Waals surface area (Å²) in [6, 6.07) is 18.7. The van der Waals surface area contributed by atoms with Crippen molar-refractivity contribution >= 4 is 32.6 Å². The van der Waals surface area contributed by atoms with Gasteiger partial charge in [0, 0.05) is 6.54 Å². The summed E-state index contributed by atoms with van der Waals surface area (Å²) in [5.41, 5.74) is 2.38. The molecule has 24 heavy (non-hydrogen) atoms. The van der Waals surface area contributed by atoms with Crippen molar-refractivity contribution in [1.82, 2.24) is 15.2 Å². The molecular weight excluding hydrogens is 318 g/mol. The Labute approximate surface area is 145 Å². The Morgan fingerprint density at radius 2 is 1.92 bits per heavy atom.